The van der Waals surface area contributed by atoms with Crippen LogP contribution in [0.25, 0.3) is 0 Å². The Balaban J connectivity index is 4.51. The zero-order valence-corrected chi connectivity index (χ0v) is 55.6. The lowest BCUT2D eigenvalue weighted by molar-refractivity contribution is -0.161. The molecule has 0 aliphatic carbocycles. The van der Waals surface area contributed by atoms with Crippen molar-refractivity contribution in [3.8, 4) is 0 Å². The standard InChI is InChI=1S/C67H124O16P2/c1-4-7-10-13-16-19-22-24-26-27-28-29-30-31-32-33-35-37-39-41-44-47-50-53-65(70)77-56-62(68)57-79-84(73,74)80-58-63(69)59-81-85(75,76)82-61-64(83-67(72)55-52-49-46-43-38-21-18-15-12-9-6-3)60-78-66(71)54-51-48-45-42-40-36-34-25-23-20-17-14-11-8-5-2/h16,19,24,26,28-29,31-32,62-64,68-69H,4-15,17-18,20-23,25,27,30,33-61H2,1-3H3,(H,73,74)(H,75,76)/b19-16-,26-24-,29-28-,32-31-. The van der Waals surface area contributed by atoms with E-state index in [1.165, 1.54) is 135 Å². The molecule has 0 saturated heterocycles. The number of esters is 3. The van der Waals surface area contributed by atoms with Gasteiger partial charge in [0.15, 0.2) is 6.10 Å². The van der Waals surface area contributed by atoms with E-state index in [4.69, 9.17) is 32.3 Å². The maximum atomic E-state index is 12.8. The Morgan fingerprint density at radius 1 is 0.329 bits per heavy atom. The zero-order valence-electron chi connectivity index (χ0n) is 53.8. The predicted molar refractivity (Wildman–Crippen MR) is 344 cm³/mol. The third-order valence-corrected chi connectivity index (χ3v) is 16.5. The smallest absolute Gasteiger partial charge is 0.463 e. The molecule has 0 heterocycles. The molecule has 0 aromatic rings. The minimum atomic E-state index is -4.91. The van der Waals surface area contributed by atoms with Crippen molar-refractivity contribution in [2.24, 2.45) is 0 Å². The van der Waals surface area contributed by atoms with Crippen LogP contribution in [-0.2, 0) is 55.8 Å². The summed E-state index contributed by atoms with van der Waals surface area (Å²) in [5.74, 6) is -1.56. The van der Waals surface area contributed by atoms with Gasteiger partial charge in [-0.1, -0.05) is 268 Å². The second-order valence-electron chi connectivity index (χ2n) is 23.0. The lowest BCUT2D eigenvalue weighted by Crippen LogP contribution is -2.30. The highest BCUT2D eigenvalue weighted by Gasteiger charge is 2.29. The molecule has 16 nitrogen and oxygen atoms in total. The number of hydrogen-bond donors (Lipinski definition) is 4. The number of unbranched alkanes of at least 4 members (excludes halogenated alkanes) is 34. The predicted octanol–water partition coefficient (Wildman–Crippen LogP) is 18.4. The van der Waals surface area contributed by atoms with Crippen LogP contribution in [0.3, 0.4) is 0 Å². The van der Waals surface area contributed by atoms with E-state index < -0.39 is 91.5 Å². The molecular formula is C67H124O16P2. The fourth-order valence-corrected chi connectivity index (χ4v) is 10.9. The highest BCUT2D eigenvalue weighted by Crippen LogP contribution is 2.45. The summed E-state index contributed by atoms with van der Waals surface area (Å²) < 4.78 is 60.8. The Morgan fingerprint density at radius 3 is 0.953 bits per heavy atom. The van der Waals surface area contributed by atoms with E-state index in [-0.39, 0.29) is 19.3 Å². The van der Waals surface area contributed by atoms with Gasteiger partial charge >= 0.3 is 33.6 Å². The monoisotopic (exact) mass is 1250 g/mol. The summed E-state index contributed by atoms with van der Waals surface area (Å²) in [5, 5.41) is 20.5. The molecule has 18 heteroatoms. The number of phosphoric ester groups is 2. The van der Waals surface area contributed by atoms with E-state index in [2.05, 4.69) is 69.4 Å². The Kier molecular flexibility index (Phi) is 59.9. The van der Waals surface area contributed by atoms with Crippen molar-refractivity contribution in [1.29, 1.82) is 0 Å². The summed E-state index contributed by atoms with van der Waals surface area (Å²) in [7, 11) is -9.75. The second-order valence-corrected chi connectivity index (χ2v) is 25.9. The first kappa shape index (κ1) is 82.5. The van der Waals surface area contributed by atoms with Crippen LogP contribution < -0.4 is 0 Å². The zero-order chi connectivity index (χ0) is 62.4. The van der Waals surface area contributed by atoms with Crippen molar-refractivity contribution in [3.63, 3.8) is 0 Å². The molecule has 0 bridgehead atoms. The van der Waals surface area contributed by atoms with Gasteiger partial charge in [-0.15, -0.1) is 0 Å². The van der Waals surface area contributed by atoms with Gasteiger partial charge in [0, 0.05) is 19.3 Å². The van der Waals surface area contributed by atoms with Gasteiger partial charge in [0.1, 0.15) is 25.4 Å². The van der Waals surface area contributed by atoms with Crippen molar-refractivity contribution in [3.05, 3.63) is 48.6 Å². The molecule has 0 aliphatic rings. The first-order valence-electron chi connectivity index (χ1n) is 33.9. The minimum absolute atomic E-state index is 0.112. The summed E-state index contributed by atoms with van der Waals surface area (Å²) in [6.45, 7) is 2.66. The molecule has 5 unspecified atom stereocenters. The summed E-state index contributed by atoms with van der Waals surface area (Å²) in [6, 6.07) is 0. The van der Waals surface area contributed by atoms with E-state index in [0.29, 0.717) is 19.3 Å². The number of phosphoric acid groups is 2. The molecule has 85 heavy (non-hydrogen) atoms. The van der Waals surface area contributed by atoms with Gasteiger partial charge in [-0.2, -0.15) is 0 Å². The fourth-order valence-electron chi connectivity index (χ4n) is 9.32. The van der Waals surface area contributed by atoms with Crippen molar-refractivity contribution in [2.75, 3.05) is 39.6 Å². The van der Waals surface area contributed by atoms with Crippen LogP contribution in [0.15, 0.2) is 48.6 Å². The largest absolute Gasteiger partial charge is 0.472 e. The molecule has 4 N–H and O–H groups in total. The normalized spacial score (nSPS) is 14.6. The van der Waals surface area contributed by atoms with Crippen molar-refractivity contribution in [2.45, 2.75) is 322 Å². The van der Waals surface area contributed by atoms with Crippen LogP contribution in [0.4, 0.5) is 0 Å². The fraction of sp³-hybridized carbons (Fsp3) is 0.836. The molecule has 0 fully saturated rings. The maximum Gasteiger partial charge on any atom is 0.472 e. The van der Waals surface area contributed by atoms with E-state index in [9.17, 15) is 43.5 Å². The van der Waals surface area contributed by atoms with Crippen LogP contribution in [0.2, 0.25) is 0 Å². The number of carbonyl (C=O) groups is 3. The second kappa shape index (κ2) is 61.7. The van der Waals surface area contributed by atoms with Gasteiger partial charge in [0.25, 0.3) is 0 Å². The molecular weight excluding hydrogens is 1120 g/mol. The first-order chi connectivity index (χ1) is 41.2. The molecule has 0 spiro atoms. The number of aliphatic hydroxyl groups is 2. The van der Waals surface area contributed by atoms with E-state index in [1.807, 2.05) is 0 Å². The summed E-state index contributed by atoms with van der Waals surface area (Å²) in [4.78, 5) is 58.2. The number of rotatable bonds is 65. The van der Waals surface area contributed by atoms with Crippen LogP contribution in [-0.4, -0.2) is 95.9 Å². The van der Waals surface area contributed by atoms with E-state index in [1.54, 1.807) is 0 Å². The molecule has 0 aromatic carbocycles. The quantitative estimate of drug-likeness (QED) is 0.0146. The van der Waals surface area contributed by atoms with Crippen LogP contribution >= 0.6 is 15.6 Å². The Bertz CT molecular complexity index is 1760. The van der Waals surface area contributed by atoms with Gasteiger partial charge in [0.2, 0.25) is 0 Å². The van der Waals surface area contributed by atoms with E-state index >= 15 is 0 Å². The first-order valence-corrected chi connectivity index (χ1v) is 36.9. The van der Waals surface area contributed by atoms with Gasteiger partial charge in [-0.05, 0) is 64.2 Å². The van der Waals surface area contributed by atoms with E-state index in [0.717, 1.165) is 109 Å². The minimum Gasteiger partial charge on any atom is -0.463 e. The van der Waals surface area contributed by atoms with Gasteiger partial charge in [-0.25, -0.2) is 9.13 Å². The van der Waals surface area contributed by atoms with Crippen LogP contribution in [0.1, 0.15) is 303 Å². The highest BCUT2D eigenvalue weighted by atomic mass is 31.2. The SMILES string of the molecule is CCCCC/C=C\C/C=C\C/C=C\C/C=C\CCCCCCCCCC(=O)OCC(O)COP(=O)(O)OCC(O)COP(=O)(O)OCC(COC(=O)CCCCCCCCCCCCCCCCC)OC(=O)CCCCCCCCCCCCC. The number of hydrogen-bond acceptors (Lipinski definition) is 14. The Labute approximate surface area is 517 Å². The van der Waals surface area contributed by atoms with Crippen molar-refractivity contribution >= 4 is 33.6 Å². The van der Waals surface area contributed by atoms with Gasteiger partial charge < -0.3 is 34.2 Å². The molecule has 0 aliphatic heterocycles. The molecule has 0 saturated carbocycles. The number of carbonyl (C=O) groups excluding carboxylic acids is 3. The molecule has 498 valence electrons. The topological polar surface area (TPSA) is 231 Å². The average Bonchev–Trinajstić information content (AvgIpc) is 3.60. The molecule has 0 amide bonds. The maximum absolute atomic E-state index is 12.8. The summed E-state index contributed by atoms with van der Waals surface area (Å²) in [5.41, 5.74) is 0. The number of aliphatic hydroxyl groups excluding tert-OH is 2. The van der Waals surface area contributed by atoms with Gasteiger partial charge in [0.05, 0.1) is 26.4 Å². The summed E-state index contributed by atoms with van der Waals surface area (Å²) >= 11 is 0. The van der Waals surface area contributed by atoms with Crippen LogP contribution in [0, 0.1) is 0 Å². The Morgan fingerprint density at radius 2 is 0.588 bits per heavy atom. The molecule has 5 atom stereocenters. The van der Waals surface area contributed by atoms with Crippen molar-refractivity contribution < 1.29 is 75.8 Å². The highest BCUT2D eigenvalue weighted by molar-refractivity contribution is 7.47. The molecule has 0 aromatic heterocycles. The average molecular weight is 1250 g/mol. The lowest BCUT2D eigenvalue weighted by atomic mass is 10.0. The Hall–Kier alpha value is -2.49. The van der Waals surface area contributed by atoms with Gasteiger partial charge in [-0.3, -0.25) is 32.5 Å². The lowest BCUT2D eigenvalue weighted by Gasteiger charge is -2.21. The third-order valence-electron chi connectivity index (χ3n) is 14.6. The molecule has 0 rings (SSSR count). The third kappa shape index (κ3) is 62.9. The molecule has 0 radical (unpaired) electrons. The van der Waals surface area contributed by atoms with Crippen LogP contribution in [0.5, 0.6) is 0 Å². The summed E-state index contributed by atoms with van der Waals surface area (Å²) in [6.07, 6.45) is 60.3. The van der Waals surface area contributed by atoms with Crippen molar-refractivity contribution in [1.82, 2.24) is 0 Å². The number of allylic oxidation sites excluding steroid dienone is 8. The number of ether oxygens (including phenoxy) is 3.